The van der Waals surface area contributed by atoms with Crippen LogP contribution in [0.4, 0.5) is 0 Å². The summed E-state index contributed by atoms with van der Waals surface area (Å²) in [5.74, 6) is 2.41. The average Bonchev–Trinajstić information content (AvgIpc) is 3.07. The fraction of sp³-hybridized carbons (Fsp3) is 0.632. The zero-order valence-corrected chi connectivity index (χ0v) is 15.3. The van der Waals surface area contributed by atoms with Crippen molar-refractivity contribution < 1.29 is 14.6 Å². The highest BCUT2D eigenvalue weighted by molar-refractivity contribution is 5.79. The molecule has 25 heavy (non-hydrogen) atoms. The molecule has 2 aliphatic rings. The lowest BCUT2D eigenvalue weighted by Gasteiger charge is -2.31. The molecule has 3 rings (SSSR count). The van der Waals surface area contributed by atoms with Gasteiger partial charge in [-0.25, -0.2) is 0 Å². The molecule has 1 saturated carbocycles. The van der Waals surface area contributed by atoms with Gasteiger partial charge in [-0.05, 0) is 37.5 Å². The molecule has 1 aliphatic heterocycles. The van der Waals surface area contributed by atoms with Gasteiger partial charge in [-0.1, -0.05) is 25.3 Å². The largest absolute Gasteiger partial charge is 0.454 e. The molecule has 0 bridgehead atoms. The van der Waals surface area contributed by atoms with Gasteiger partial charge in [-0.3, -0.25) is 4.99 Å². The average molecular weight is 347 g/mol. The Morgan fingerprint density at radius 1 is 1.24 bits per heavy atom. The van der Waals surface area contributed by atoms with Crippen molar-refractivity contribution in [2.24, 2.45) is 4.99 Å². The molecule has 1 heterocycles. The summed E-state index contributed by atoms with van der Waals surface area (Å²) in [7, 11) is 2.01. The molecule has 1 aromatic carbocycles. The van der Waals surface area contributed by atoms with Crippen molar-refractivity contribution in [3.63, 3.8) is 0 Å². The fourth-order valence-electron chi connectivity index (χ4n) is 3.45. The number of aliphatic imine (C=N–C) groups is 1. The van der Waals surface area contributed by atoms with Crippen LogP contribution in [0.1, 0.15) is 44.6 Å². The highest BCUT2D eigenvalue weighted by Crippen LogP contribution is 2.32. The fourth-order valence-corrected chi connectivity index (χ4v) is 3.45. The van der Waals surface area contributed by atoms with Crippen LogP contribution in [0.3, 0.4) is 0 Å². The van der Waals surface area contributed by atoms with Crippen molar-refractivity contribution in [2.75, 3.05) is 26.9 Å². The van der Waals surface area contributed by atoms with E-state index in [1.54, 1.807) is 0 Å². The van der Waals surface area contributed by atoms with Gasteiger partial charge in [0.15, 0.2) is 17.5 Å². The number of aliphatic hydroxyl groups is 1. The first-order valence-corrected chi connectivity index (χ1v) is 9.20. The minimum atomic E-state index is -0.640. The van der Waals surface area contributed by atoms with E-state index in [4.69, 9.17) is 14.5 Å². The highest BCUT2D eigenvalue weighted by Gasteiger charge is 2.29. The van der Waals surface area contributed by atoms with Crippen LogP contribution in [-0.2, 0) is 6.54 Å². The summed E-state index contributed by atoms with van der Waals surface area (Å²) in [5.41, 5.74) is 0.493. The van der Waals surface area contributed by atoms with E-state index in [9.17, 15) is 5.11 Å². The van der Waals surface area contributed by atoms with Gasteiger partial charge >= 0.3 is 0 Å². The van der Waals surface area contributed by atoms with E-state index in [1.165, 1.54) is 6.42 Å². The molecule has 6 heteroatoms. The van der Waals surface area contributed by atoms with E-state index in [0.717, 1.165) is 55.3 Å². The second kappa shape index (κ2) is 7.95. The van der Waals surface area contributed by atoms with Gasteiger partial charge in [0.25, 0.3) is 0 Å². The lowest BCUT2D eigenvalue weighted by atomic mass is 9.85. The van der Waals surface area contributed by atoms with Crippen LogP contribution in [0, 0.1) is 0 Å². The second-order valence-electron chi connectivity index (χ2n) is 7.00. The molecular formula is C19H29N3O3. The molecule has 0 radical (unpaired) electrons. The van der Waals surface area contributed by atoms with Crippen LogP contribution < -0.4 is 14.8 Å². The molecule has 6 nitrogen and oxygen atoms in total. The summed E-state index contributed by atoms with van der Waals surface area (Å²) in [5, 5.41) is 14.0. The number of rotatable bonds is 5. The van der Waals surface area contributed by atoms with E-state index in [0.29, 0.717) is 13.1 Å². The Labute approximate surface area is 149 Å². The Morgan fingerprint density at radius 3 is 2.76 bits per heavy atom. The number of nitrogens with zero attached hydrogens (tertiary/aromatic N) is 2. The van der Waals surface area contributed by atoms with E-state index < -0.39 is 5.60 Å². The first kappa shape index (κ1) is 17.9. The number of nitrogens with one attached hydrogen (secondary N) is 1. The lowest BCUT2D eigenvalue weighted by molar-refractivity contribution is 0.0130. The SMILES string of the molecule is CCNC(=NCC1(O)CCCCC1)N(C)Cc1ccc2c(c1)OCO2. The molecule has 1 aliphatic carbocycles. The summed E-state index contributed by atoms with van der Waals surface area (Å²) < 4.78 is 10.8. The lowest BCUT2D eigenvalue weighted by Crippen LogP contribution is -2.41. The van der Waals surface area contributed by atoms with Crippen LogP contribution in [0.2, 0.25) is 0 Å². The third kappa shape index (κ3) is 4.57. The zero-order valence-electron chi connectivity index (χ0n) is 15.3. The van der Waals surface area contributed by atoms with Crippen molar-refractivity contribution in [3.8, 4) is 11.5 Å². The number of ether oxygens (including phenoxy) is 2. The van der Waals surface area contributed by atoms with Gasteiger partial charge in [0.1, 0.15) is 0 Å². The molecule has 2 N–H and O–H groups in total. The van der Waals surface area contributed by atoms with Crippen LogP contribution in [0.5, 0.6) is 11.5 Å². The molecule has 0 atom stereocenters. The van der Waals surface area contributed by atoms with Gasteiger partial charge in [0, 0.05) is 20.1 Å². The van der Waals surface area contributed by atoms with Crippen molar-refractivity contribution in [1.82, 2.24) is 10.2 Å². The number of benzene rings is 1. The van der Waals surface area contributed by atoms with Crippen LogP contribution in [0.25, 0.3) is 0 Å². The van der Waals surface area contributed by atoms with E-state index in [2.05, 4.69) is 17.1 Å². The van der Waals surface area contributed by atoms with Crippen LogP contribution in [0.15, 0.2) is 23.2 Å². The van der Waals surface area contributed by atoms with Gasteiger partial charge in [0.2, 0.25) is 6.79 Å². The molecule has 138 valence electrons. The Kier molecular flexibility index (Phi) is 5.68. The Balaban J connectivity index is 1.65. The molecule has 0 aromatic heterocycles. The first-order valence-electron chi connectivity index (χ1n) is 9.20. The van der Waals surface area contributed by atoms with Gasteiger partial charge < -0.3 is 24.8 Å². The minimum absolute atomic E-state index is 0.289. The summed E-state index contributed by atoms with van der Waals surface area (Å²) in [4.78, 5) is 6.78. The standard InChI is InChI=1S/C19H29N3O3/c1-3-20-18(21-13-19(23)9-5-4-6-10-19)22(2)12-15-7-8-16-17(11-15)25-14-24-16/h7-8,11,23H,3-6,9-10,12-14H2,1-2H3,(H,20,21). The molecule has 0 amide bonds. The molecule has 0 spiro atoms. The van der Waals surface area contributed by atoms with Crippen molar-refractivity contribution in [1.29, 1.82) is 0 Å². The summed E-state index contributed by atoms with van der Waals surface area (Å²) in [6, 6.07) is 6.00. The van der Waals surface area contributed by atoms with Crippen molar-refractivity contribution in [3.05, 3.63) is 23.8 Å². The number of fused-ring (bicyclic) bond motifs is 1. The first-order chi connectivity index (χ1) is 12.1. The van der Waals surface area contributed by atoms with Crippen LogP contribution in [-0.4, -0.2) is 48.5 Å². The zero-order chi connectivity index (χ0) is 17.7. The van der Waals surface area contributed by atoms with Crippen LogP contribution >= 0.6 is 0 Å². The topological polar surface area (TPSA) is 66.3 Å². The molecular weight excluding hydrogens is 318 g/mol. The van der Waals surface area contributed by atoms with Gasteiger partial charge in [-0.2, -0.15) is 0 Å². The van der Waals surface area contributed by atoms with E-state index in [-0.39, 0.29) is 6.79 Å². The number of guanidine groups is 1. The van der Waals surface area contributed by atoms with Crippen molar-refractivity contribution in [2.45, 2.75) is 51.2 Å². The molecule has 1 fully saturated rings. The van der Waals surface area contributed by atoms with E-state index in [1.807, 2.05) is 25.2 Å². The third-order valence-corrected chi connectivity index (χ3v) is 4.86. The highest BCUT2D eigenvalue weighted by atomic mass is 16.7. The summed E-state index contributed by atoms with van der Waals surface area (Å²) in [6.07, 6.45) is 5.10. The monoisotopic (exact) mass is 347 g/mol. The second-order valence-corrected chi connectivity index (χ2v) is 7.00. The summed E-state index contributed by atoms with van der Waals surface area (Å²) >= 11 is 0. The Morgan fingerprint density at radius 2 is 2.00 bits per heavy atom. The maximum absolute atomic E-state index is 10.7. The number of hydrogen-bond acceptors (Lipinski definition) is 4. The quantitative estimate of drug-likeness (QED) is 0.633. The molecule has 0 saturated heterocycles. The summed E-state index contributed by atoms with van der Waals surface area (Å²) in [6.45, 7) is 4.31. The smallest absolute Gasteiger partial charge is 0.231 e. The number of hydrogen-bond donors (Lipinski definition) is 2. The maximum Gasteiger partial charge on any atom is 0.231 e. The predicted octanol–water partition coefficient (Wildman–Crippen LogP) is 2.51. The van der Waals surface area contributed by atoms with E-state index >= 15 is 0 Å². The van der Waals surface area contributed by atoms with Crippen molar-refractivity contribution >= 4 is 5.96 Å². The van der Waals surface area contributed by atoms with Gasteiger partial charge in [0.05, 0.1) is 12.1 Å². The Bertz CT molecular complexity index is 612. The third-order valence-electron chi connectivity index (χ3n) is 4.86. The predicted molar refractivity (Wildman–Crippen MR) is 98.0 cm³/mol. The molecule has 1 aromatic rings. The molecule has 0 unspecified atom stereocenters. The normalized spacial score (nSPS) is 18.9. The maximum atomic E-state index is 10.7. The minimum Gasteiger partial charge on any atom is -0.454 e. The Hall–Kier alpha value is -1.95. The van der Waals surface area contributed by atoms with Gasteiger partial charge in [-0.15, -0.1) is 0 Å².